The number of rotatable bonds is 10. The van der Waals surface area contributed by atoms with Crippen molar-refractivity contribution in [2.45, 2.75) is 57.3 Å². The maximum Gasteiger partial charge on any atom is 0.103 e. The molecule has 0 saturated heterocycles. The molecule has 1 nitrogen and oxygen atoms in total. The summed E-state index contributed by atoms with van der Waals surface area (Å²) in [4.78, 5) is 1.27. The van der Waals surface area contributed by atoms with Crippen molar-refractivity contribution in [1.82, 2.24) is 0 Å². The molecule has 0 unspecified atom stereocenters. The molecule has 0 aliphatic carbocycles. The summed E-state index contributed by atoms with van der Waals surface area (Å²) in [7, 11) is 0. The Morgan fingerprint density at radius 2 is 1.79 bits per heavy atom. The fourth-order valence-electron chi connectivity index (χ4n) is 1.89. The van der Waals surface area contributed by atoms with Crippen LogP contribution in [0.5, 0.6) is 0 Å². The molecule has 0 fully saturated rings. The van der Waals surface area contributed by atoms with Crippen LogP contribution in [0, 0.1) is 0 Å². The Morgan fingerprint density at radius 1 is 1.05 bits per heavy atom. The maximum absolute atomic E-state index is 5.71. The minimum atomic E-state index is 0.760. The summed E-state index contributed by atoms with van der Waals surface area (Å²) in [5.41, 5.74) is 0. The van der Waals surface area contributed by atoms with Crippen LogP contribution in [0.15, 0.2) is 46.4 Å². The van der Waals surface area contributed by atoms with Crippen LogP contribution in [0.4, 0.5) is 0 Å². The quantitative estimate of drug-likeness (QED) is 0.294. The van der Waals surface area contributed by atoms with Crippen LogP contribution in [0.1, 0.15) is 52.4 Å². The highest BCUT2D eigenvalue weighted by atomic mass is 32.2. The van der Waals surface area contributed by atoms with Gasteiger partial charge in [-0.3, -0.25) is 0 Å². The molecule has 0 aliphatic rings. The molecule has 19 heavy (non-hydrogen) atoms. The van der Waals surface area contributed by atoms with Gasteiger partial charge in [0.1, 0.15) is 5.76 Å². The van der Waals surface area contributed by atoms with E-state index in [9.17, 15) is 0 Å². The van der Waals surface area contributed by atoms with Gasteiger partial charge in [-0.2, -0.15) is 0 Å². The topological polar surface area (TPSA) is 9.23 Å². The van der Waals surface area contributed by atoms with Gasteiger partial charge in [0, 0.05) is 16.7 Å². The molecule has 2 heteroatoms. The highest BCUT2D eigenvalue weighted by Crippen LogP contribution is 2.23. The van der Waals surface area contributed by atoms with E-state index in [1.807, 2.05) is 6.07 Å². The molecule has 0 radical (unpaired) electrons. The van der Waals surface area contributed by atoms with Gasteiger partial charge in [-0.1, -0.05) is 62.6 Å². The number of hydrogen-bond acceptors (Lipinski definition) is 2. The molecule has 1 rings (SSSR count). The van der Waals surface area contributed by atoms with E-state index in [1.165, 1.54) is 37.0 Å². The Labute approximate surface area is 122 Å². The fourth-order valence-corrected chi connectivity index (χ4v) is 2.65. The first kappa shape index (κ1) is 16.2. The zero-order valence-electron chi connectivity index (χ0n) is 12.2. The van der Waals surface area contributed by atoms with Gasteiger partial charge in [0.05, 0.1) is 6.61 Å². The largest absolute Gasteiger partial charge is 0.498 e. The number of thioether (sulfide) groups is 1. The molecule has 0 aromatic heterocycles. The number of benzene rings is 1. The van der Waals surface area contributed by atoms with Crippen molar-refractivity contribution in [3.63, 3.8) is 0 Å². The molecule has 0 saturated carbocycles. The van der Waals surface area contributed by atoms with E-state index in [2.05, 4.69) is 43.5 Å². The SMILES string of the molecule is CCCCCCC/C(=C\Sc1ccccc1)OCC. The highest BCUT2D eigenvalue weighted by Gasteiger charge is 1.99. The number of unbranched alkanes of at least 4 members (excludes halogenated alkanes) is 4. The predicted octanol–water partition coefficient (Wildman–Crippen LogP) is 6.02. The van der Waals surface area contributed by atoms with E-state index in [0.717, 1.165) is 18.8 Å². The van der Waals surface area contributed by atoms with Crippen molar-refractivity contribution >= 4 is 11.8 Å². The zero-order chi connectivity index (χ0) is 13.8. The molecule has 0 heterocycles. The molecule has 1 aromatic rings. The van der Waals surface area contributed by atoms with E-state index < -0.39 is 0 Å². The lowest BCUT2D eigenvalue weighted by Gasteiger charge is -2.08. The number of ether oxygens (including phenoxy) is 1. The lowest BCUT2D eigenvalue weighted by Crippen LogP contribution is -1.92. The summed E-state index contributed by atoms with van der Waals surface area (Å²) in [6, 6.07) is 10.4. The van der Waals surface area contributed by atoms with E-state index in [4.69, 9.17) is 4.74 Å². The van der Waals surface area contributed by atoms with E-state index in [1.54, 1.807) is 11.8 Å². The Hall–Kier alpha value is -0.890. The first-order valence-corrected chi connectivity index (χ1v) is 8.28. The van der Waals surface area contributed by atoms with Gasteiger partial charge in [0.25, 0.3) is 0 Å². The molecule has 0 atom stereocenters. The monoisotopic (exact) mass is 278 g/mol. The van der Waals surface area contributed by atoms with E-state index in [0.29, 0.717) is 0 Å². The normalized spacial score (nSPS) is 11.6. The van der Waals surface area contributed by atoms with Gasteiger partial charge < -0.3 is 4.74 Å². The van der Waals surface area contributed by atoms with Gasteiger partial charge >= 0.3 is 0 Å². The van der Waals surface area contributed by atoms with Gasteiger partial charge in [0.2, 0.25) is 0 Å². The summed E-state index contributed by atoms with van der Waals surface area (Å²) in [6.07, 6.45) is 7.62. The second-order valence-electron chi connectivity index (χ2n) is 4.61. The van der Waals surface area contributed by atoms with Gasteiger partial charge in [-0.15, -0.1) is 0 Å². The van der Waals surface area contributed by atoms with Crippen LogP contribution < -0.4 is 0 Å². The summed E-state index contributed by atoms with van der Waals surface area (Å²) in [5, 5.41) is 2.17. The summed E-state index contributed by atoms with van der Waals surface area (Å²) >= 11 is 1.75. The third kappa shape index (κ3) is 7.99. The smallest absolute Gasteiger partial charge is 0.103 e. The van der Waals surface area contributed by atoms with Crippen molar-refractivity contribution in [3.05, 3.63) is 41.5 Å². The molecule has 0 N–H and O–H groups in total. The molecular formula is C17H26OS. The number of allylic oxidation sites excluding steroid dienone is 1. The average molecular weight is 278 g/mol. The average Bonchev–Trinajstić information content (AvgIpc) is 2.45. The summed E-state index contributed by atoms with van der Waals surface area (Å²) in [5.74, 6) is 1.13. The van der Waals surface area contributed by atoms with Crippen LogP contribution in [0.2, 0.25) is 0 Å². The molecule has 0 amide bonds. The van der Waals surface area contributed by atoms with Crippen molar-refractivity contribution in [2.75, 3.05) is 6.61 Å². The third-order valence-electron chi connectivity index (χ3n) is 2.93. The predicted molar refractivity (Wildman–Crippen MR) is 85.4 cm³/mol. The fraction of sp³-hybridized carbons (Fsp3) is 0.529. The zero-order valence-corrected chi connectivity index (χ0v) is 13.0. The van der Waals surface area contributed by atoms with Crippen molar-refractivity contribution < 1.29 is 4.74 Å². The van der Waals surface area contributed by atoms with Crippen LogP contribution in [-0.4, -0.2) is 6.61 Å². The minimum Gasteiger partial charge on any atom is -0.498 e. The first-order valence-electron chi connectivity index (χ1n) is 7.40. The van der Waals surface area contributed by atoms with Gasteiger partial charge in [-0.25, -0.2) is 0 Å². The number of hydrogen-bond donors (Lipinski definition) is 0. The second-order valence-corrected chi connectivity index (χ2v) is 5.56. The third-order valence-corrected chi connectivity index (χ3v) is 3.85. The first-order chi connectivity index (χ1) is 9.36. The Bertz CT molecular complexity index is 346. The Kier molecular flexibility index (Phi) is 9.34. The highest BCUT2D eigenvalue weighted by molar-refractivity contribution is 8.02. The molecule has 0 bridgehead atoms. The molecule has 106 valence electrons. The summed E-state index contributed by atoms with van der Waals surface area (Å²) in [6.45, 7) is 5.07. The summed E-state index contributed by atoms with van der Waals surface area (Å²) < 4.78 is 5.71. The van der Waals surface area contributed by atoms with Gasteiger partial charge in [-0.05, 0) is 25.5 Å². The lowest BCUT2D eigenvalue weighted by atomic mass is 10.1. The van der Waals surface area contributed by atoms with E-state index in [-0.39, 0.29) is 0 Å². The van der Waals surface area contributed by atoms with Crippen LogP contribution in [-0.2, 0) is 4.74 Å². The molecule has 0 aliphatic heterocycles. The molecule has 0 spiro atoms. The molecule has 1 aromatic carbocycles. The van der Waals surface area contributed by atoms with Crippen molar-refractivity contribution in [2.24, 2.45) is 0 Å². The Balaban J connectivity index is 2.34. The van der Waals surface area contributed by atoms with Crippen LogP contribution >= 0.6 is 11.8 Å². The maximum atomic E-state index is 5.71. The lowest BCUT2D eigenvalue weighted by molar-refractivity contribution is 0.217. The van der Waals surface area contributed by atoms with Gasteiger partial charge in [0.15, 0.2) is 0 Å². The van der Waals surface area contributed by atoms with Crippen molar-refractivity contribution in [3.8, 4) is 0 Å². The Morgan fingerprint density at radius 3 is 2.47 bits per heavy atom. The molecular weight excluding hydrogens is 252 g/mol. The minimum absolute atomic E-state index is 0.760. The second kappa shape index (κ2) is 11.0. The van der Waals surface area contributed by atoms with Crippen LogP contribution in [0.25, 0.3) is 0 Å². The van der Waals surface area contributed by atoms with Crippen LogP contribution in [0.3, 0.4) is 0 Å². The van der Waals surface area contributed by atoms with Crippen molar-refractivity contribution in [1.29, 1.82) is 0 Å². The van der Waals surface area contributed by atoms with E-state index >= 15 is 0 Å². The standard InChI is InChI=1S/C17H26OS/c1-3-5-6-7-9-12-16(18-4-2)15-19-17-13-10-8-11-14-17/h8,10-11,13-15H,3-7,9,12H2,1-2H3/b16-15+.